The van der Waals surface area contributed by atoms with Gasteiger partial charge in [-0.2, -0.15) is 0 Å². The Hall–Kier alpha value is -3.87. The van der Waals surface area contributed by atoms with Crippen LogP contribution in [0, 0.1) is 0 Å². The average Bonchev–Trinajstić information content (AvgIpc) is 3.18. The van der Waals surface area contributed by atoms with Gasteiger partial charge in [-0.1, -0.05) is 18.2 Å². The molecule has 0 spiro atoms. The number of para-hydroxylation sites is 1. The van der Waals surface area contributed by atoms with Gasteiger partial charge in [0.15, 0.2) is 22.9 Å². The minimum Gasteiger partial charge on any atom is -0.504 e. The van der Waals surface area contributed by atoms with Crippen LogP contribution in [0.25, 0.3) is 11.6 Å². The number of furan rings is 1. The molecule has 0 saturated heterocycles. The fraction of sp³-hybridized carbons (Fsp3) is 0. The maximum Gasteiger partial charge on any atom is 0.345 e. The maximum atomic E-state index is 11.6. The third-order valence-electron chi connectivity index (χ3n) is 3.87. The molecule has 1 aromatic carbocycles. The Balaban J connectivity index is 1.77. The first-order chi connectivity index (χ1) is 12.6. The highest BCUT2D eigenvalue weighted by Crippen LogP contribution is 2.38. The number of anilines is 2. The van der Waals surface area contributed by atoms with Gasteiger partial charge < -0.3 is 19.9 Å². The van der Waals surface area contributed by atoms with Crippen molar-refractivity contribution in [2.24, 2.45) is 4.99 Å². The number of carboxylic acids is 1. The van der Waals surface area contributed by atoms with E-state index in [1.165, 1.54) is 6.08 Å². The van der Waals surface area contributed by atoms with Crippen LogP contribution in [0.3, 0.4) is 0 Å². The van der Waals surface area contributed by atoms with E-state index in [1.54, 1.807) is 42.7 Å². The van der Waals surface area contributed by atoms with E-state index in [0.717, 1.165) is 5.56 Å². The number of carboxylic acid groups (broad SMARTS) is 1. The van der Waals surface area contributed by atoms with Crippen LogP contribution in [0.5, 0.6) is 5.75 Å². The molecule has 0 bridgehead atoms. The van der Waals surface area contributed by atoms with E-state index in [1.807, 2.05) is 12.1 Å². The zero-order chi connectivity index (χ0) is 18.1. The molecule has 7 nitrogen and oxygen atoms in total. The Morgan fingerprint density at radius 1 is 1.15 bits per heavy atom. The van der Waals surface area contributed by atoms with Gasteiger partial charge in [-0.05, 0) is 30.3 Å². The fourth-order valence-corrected chi connectivity index (χ4v) is 2.66. The first-order valence-electron chi connectivity index (χ1n) is 7.76. The molecule has 7 heteroatoms. The highest BCUT2D eigenvalue weighted by atomic mass is 16.4. The van der Waals surface area contributed by atoms with Crippen molar-refractivity contribution in [1.29, 1.82) is 0 Å². The van der Waals surface area contributed by atoms with Gasteiger partial charge >= 0.3 is 5.97 Å². The quantitative estimate of drug-likeness (QED) is 0.656. The highest BCUT2D eigenvalue weighted by Gasteiger charge is 2.25. The number of aromatic carboxylic acids is 1. The number of rotatable bonds is 4. The van der Waals surface area contributed by atoms with Crippen molar-refractivity contribution in [3.05, 3.63) is 65.5 Å². The number of nitrogens with zero attached hydrogens (tertiary/aromatic N) is 2. The van der Waals surface area contributed by atoms with Crippen molar-refractivity contribution in [2.45, 2.75) is 0 Å². The number of nitrogens with one attached hydrogen (secondary N) is 1. The summed E-state index contributed by atoms with van der Waals surface area (Å²) in [6, 6.07) is 12.6. The van der Waals surface area contributed by atoms with Crippen molar-refractivity contribution in [2.75, 3.05) is 5.32 Å². The minimum atomic E-state index is -1.29. The summed E-state index contributed by atoms with van der Waals surface area (Å²) < 4.78 is 5.59. The van der Waals surface area contributed by atoms with Gasteiger partial charge in [0.25, 0.3) is 0 Å². The van der Waals surface area contributed by atoms with E-state index in [-0.39, 0.29) is 17.2 Å². The number of hydrogen-bond acceptors (Lipinski definition) is 6. The maximum absolute atomic E-state index is 11.6. The molecule has 3 aromatic rings. The van der Waals surface area contributed by atoms with E-state index < -0.39 is 11.7 Å². The van der Waals surface area contributed by atoms with Gasteiger partial charge in [0.1, 0.15) is 0 Å². The summed E-state index contributed by atoms with van der Waals surface area (Å²) >= 11 is 0. The molecule has 1 aliphatic rings. The first-order valence-corrected chi connectivity index (χ1v) is 7.76. The van der Waals surface area contributed by atoms with Crippen LogP contribution in [-0.4, -0.2) is 27.4 Å². The molecule has 3 heterocycles. The van der Waals surface area contributed by atoms with Crippen LogP contribution < -0.4 is 5.32 Å². The molecule has 0 saturated carbocycles. The van der Waals surface area contributed by atoms with Crippen LogP contribution in [0.15, 0.2) is 58.1 Å². The zero-order valence-electron chi connectivity index (χ0n) is 13.4. The predicted molar refractivity (Wildman–Crippen MR) is 97.3 cm³/mol. The molecule has 0 atom stereocenters. The lowest BCUT2D eigenvalue weighted by Gasteiger charge is -2.03. The third-order valence-corrected chi connectivity index (χ3v) is 3.87. The van der Waals surface area contributed by atoms with Crippen molar-refractivity contribution >= 4 is 41.2 Å². The summed E-state index contributed by atoms with van der Waals surface area (Å²) in [5, 5.41) is 22.7. The molecule has 1 aliphatic heterocycles. The predicted octanol–water partition coefficient (Wildman–Crippen LogP) is 4.08. The van der Waals surface area contributed by atoms with E-state index in [2.05, 4.69) is 15.3 Å². The fourth-order valence-electron chi connectivity index (χ4n) is 2.66. The Kier molecular flexibility index (Phi) is 3.74. The van der Waals surface area contributed by atoms with Crippen LogP contribution in [0.1, 0.15) is 21.7 Å². The second-order valence-corrected chi connectivity index (χ2v) is 5.55. The molecule has 0 amide bonds. The van der Waals surface area contributed by atoms with Crippen molar-refractivity contribution in [1.82, 2.24) is 4.98 Å². The van der Waals surface area contributed by atoms with Gasteiger partial charge in [-0.3, -0.25) is 0 Å². The number of aromatic hydroxyl groups is 1. The number of allylic oxidation sites excluding steroid dienone is 1. The average molecular weight is 347 g/mol. The largest absolute Gasteiger partial charge is 0.504 e. The summed E-state index contributed by atoms with van der Waals surface area (Å²) in [5.41, 5.74) is 1.75. The summed E-state index contributed by atoms with van der Waals surface area (Å²) in [5.74, 6) is -1.20. The third kappa shape index (κ3) is 2.71. The van der Waals surface area contributed by atoms with Crippen LogP contribution >= 0.6 is 0 Å². The van der Waals surface area contributed by atoms with Crippen molar-refractivity contribution in [3.63, 3.8) is 0 Å². The first kappa shape index (κ1) is 15.6. The van der Waals surface area contributed by atoms with Crippen LogP contribution in [0.2, 0.25) is 0 Å². The zero-order valence-corrected chi connectivity index (χ0v) is 13.4. The number of hydrogen-bond donors (Lipinski definition) is 3. The summed E-state index contributed by atoms with van der Waals surface area (Å²) in [6.07, 6.45) is 4.76. The number of aliphatic imine (C=N–C) groups is 1. The Morgan fingerprint density at radius 3 is 2.73 bits per heavy atom. The smallest absolute Gasteiger partial charge is 0.345 e. The van der Waals surface area contributed by atoms with Crippen molar-refractivity contribution < 1.29 is 19.4 Å². The van der Waals surface area contributed by atoms with E-state index in [4.69, 9.17) is 4.42 Å². The molecular weight excluding hydrogens is 334 g/mol. The lowest BCUT2D eigenvalue weighted by atomic mass is 10.1. The molecular formula is C19H13N3O4. The van der Waals surface area contributed by atoms with Gasteiger partial charge in [-0.15, -0.1) is 0 Å². The van der Waals surface area contributed by atoms with Crippen LogP contribution in [0.4, 0.5) is 17.4 Å². The van der Waals surface area contributed by atoms with E-state index in [9.17, 15) is 15.0 Å². The molecule has 0 radical (unpaired) electrons. The molecule has 128 valence electrons. The number of pyridine rings is 1. The normalized spacial score (nSPS) is 13.8. The number of fused-ring (bicyclic) bond motifs is 1. The highest BCUT2D eigenvalue weighted by molar-refractivity contribution is 6.21. The van der Waals surface area contributed by atoms with Gasteiger partial charge in [-0.25, -0.2) is 14.8 Å². The Labute approximate surface area is 148 Å². The second kappa shape index (κ2) is 6.21. The molecule has 3 N–H and O–H groups in total. The standard InChI is InChI=1S/C19H13N3O4/c23-16-14(9-11-10-21-17-13(11)7-4-8-20-17)26-18(15(16)19(24)25)22-12-5-2-1-3-6-12/h1-10,22-23H,(H,24,25). The number of carbonyl (C=O) groups is 1. The second-order valence-electron chi connectivity index (χ2n) is 5.55. The van der Waals surface area contributed by atoms with E-state index in [0.29, 0.717) is 17.1 Å². The molecule has 0 aliphatic carbocycles. The Morgan fingerprint density at radius 2 is 1.96 bits per heavy atom. The van der Waals surface area contributed by atoms with E-state index >= 15 is 0 Å². The SMILES string of the molecule is O=C(O)c1c(Nc2ccccc2)oc(C=C2C=Nc3ncccc32)c1O. The topological polar surface area (TPSA) is 108 Å². The molecule has 0 unspecified atom stereocenters. The van der Waals surface area contributed by atoms with Gasteiger partial charge in [0, 0.05) is 29.2 Å². The lowest BCUT2D eigenvalue weighted by molar-refractivity contribution is 0.0695. The van der Waals surface area contributed by atoms with Gasteiger partial charge in [0.2, 0.25) is 5.88 Å². The number of aromatic nitrogens is 1. The molecule has 4 rings (SSSR count). The number of benzene rings is 1. The van der Waals surface area contributed by atoms with Crippen LogP contribution in [-0.2, 0) is 0 Å². The summed E-state index contributed by atoms with van der Waals surface area (Å²) in [6.45, 7) is 0. The Bertz CT molecular complexity index is 1050. The molecule has 0 fully saturated rings. The lowest BCUT2D eigenvalue weighted by Crippen LogP contribution is -1.99. The van der Waals surface area contributed by atoms with Crippen molar-refractivity contribution in [3.8, 4) is 5.75 Å². The minimum absolute atomic E-state index is 0.0268. The van der Waals surface area contributed by atoms with Gasteiger partial charge in [0.05, 0.1) is 0 Å². The molecule has 26 heavy (non-hydrogen) atoms. The monoisotopic (exact) mass is 347 g/mol. The summed E-state index contributed by atoms with van der Waals surface area (Å²) in [4.78, 5) is 19.9. The summed E-state index contributed by atoms with van der Waals surface area (Å²) in [7, 11) is 0. The molecule has 2 aromatic heterocycles.